The summed E-state index contributed by atoms with van der Waals surface area (Å²) in [7, 11) is 0. The van der Waals surface area contributed by atoms with Crippen LogP contribution in [0.15, 0.2) is 101 Å². The molecule has 0 radical (unpaired) electrons. The van der Waals surface area contributed by atoms with E-state index in [1.165, 1.54) is 4.57 Å². The highest BCUT2D eigenvalue weighted by molar-refractivity contribution is 5.37. The third-order valence-electron chi connectivity index (χ3n) is 5.11. The summed E-state index contributed by atoms with van der Waals surface area (Å²) in [6.45, 7) is 0.267. The van der Waals surface area contributed by atoms with E-state index in [4.69, 9.17) is 0 Å². The van der Waals surface area contributed by atoms with Gasteiger partial charge in [0, 0.05) is 13.0 Å². The summed E-state index contributed by atoms with van der Waals surface area (Å²) < 4.78 is 2.43. The molecule has 0 amide bonds. The number of para-hydroxylation sites is 1. The van der Waals surface area contributed by atoms with Gasteiger partial charge in [0.1, 0.15) is 0 Å². The van der Waals surface area contributed by atoms with Crippen LogP contribution in [0.3, 0.4) is 0 Å². The fraction of sp³-hybridized carbons (Fsp3) is 0.120. The summed E-state index contributed by atoms with van der Waals surface area (Å²) >= 11 is 0. The van der Waals surface area contributed by atoms with Gasteiger partial charge in [-0.25, -0.2) is 9.36 Å². The van der Waals surface area contributed by atoms with E-state index in [2.05, 4.69) is 0 Å². The quantitative estimate of drug-likeness (QED) is 0.540. The van der Waals surface area contributed by atoms with Gasteiger partial charge in [-0.05, 0) is 29.7 Å². The number of hydrogen-bond acceptors (Lipinski definition) is 3. The van der Waals surface area contributed by atoms with Crippen molar-refractivity contribution in [1.82, 2.24) is 9.13 Å². The first-order valence-corrected chi connectivity index (χ1v) is 9.86. The zero-order valence-corrected chi connectivity index (χ0v) is 16.4. The lowest BCUT2D eigenvalue weighted by Crippen LogP contribution is -2.41. The third kappa shape index (κ3) is 3.96. The average molecular weight is 398 g/mol. The van der Waals surface area contributed by atoms with E-state index in [-0.39, 0.29) is 24.4 Å². The van der Waals surface area contributed by atoms with Crippen molar-refractivity contribution >= 4 is 0 Å². The van der Waals surface area contributed by atoms with Crippen LogP contribution >= 0.6 is 0 Å². The number of rotatable bonds is 6. The molecule has 4 aromatic rings. The first kappa shape index (κ1) is 19.5. The molecule has 1 aromatic heterocycles. The zero-order chi connectivity index (χ0) is 20.9. The van der Waals surface area contributed by atoms with Crippen molar-refractivity contribution in [3.63, 3.8) is 0 Å². The van der Waals surface area contributed by atoms with Crippen LogP contribution in [0.4, 0.5) is 0 Å². The zero-order valence-electron chi connectivity index (χ0n) is 16.4. The SMILES string of the molecule is O=c1c(Cc2ccccc2)c(O)n(CCc2ccccc2)c(=O)n1-c1ccccc1. The fourth-order valence-electron chi connectivity index (χ4n) is 3.54. The van der Waals surface area contributed by atoms with Crippen LogP contribution in [-0.4, -0.2) is 14.2 Å². The summed E-state index contributed by atoms with van der Waals surface area (Å²) in [5.41, 5.74) is 1.58. The first-order chi connectivity index (χ1) is 14.6. The Kier molecular flexibility index (Phi) is 5.61. The second-order valence-electron chi connectivity index (χ2n) is 7.11. The maximum absolute atomic E-state index is 13.2. The van der Waals surface area contributed by atoms with Gasteiger partial charge in [0.05, 0.1) is 11.3 Å². The Hall–Kier alpha value is -3.86. The molecule has 5 heteroatoms. The lowest BCUT2D eigenvalue weighted by Gasteiger charge is -2.16. The molecule has 0 saturated heterocycles. The molecule has 0 aliphatic rings. The molecule has 0 saturated carbocycles. The highest BCUT2D eigenvalue weighted by Crippen LogP contribution is 2.17. The second-order valence-corrected chi connectivity index (χ2v) is 7.11. The van der Waals surface area contributed by atoms with Crippen molar-refractivity contribution < 1.29 is 5.11 Å². The Bertz CT molecular complexity index is 1240. The molecule has 0 aliphatic carbocycles. The number of aromatic hydroxyl groups is 1. The molecule has 1 heterocycles. The largest absolute Gasteiger partial charge is 0.494 e. The summed E-state index contributed by atoms with van der Waals surface area (Å²) in [6.07, 6.45) is 0.802. The van der Waals surface area contributed by atoms with Crippen molar-refractivity contribution in [2.24, 2.45) is 0 Å². The maximum atomic E-state index is 13.2. The normalized spacial score (nSPS) is 10.8. The van der Waals surface area contributed by atoms with Crippen molar-refractivity contribution in [3.05, 3.63) is 129 Å². The summed E-state index contributed by atoms with van der Waals surface area (Å²) in [5, 5.41) is 10.9. The summed E-state index contributed by atoms with van der Waals surface area (Å²) in [5.74, 6) is -0.267. The summed E-state index contributed by atoms with van der Waals surface area (Å²) in [4.78, 5) is 26.4. The smallest absolute Gasteiger partial charge is 0.338 e. The molecule has 0 unspecified atom stereocenters. The lowest BCUT2D eigenvalue weighted by molar-refractivity contribution is 0.390. The molecule has 0 fully saturated rings. The highest BCUT2D eigenvalue weighted by Gasteiger charge is 2.20. The van der Waals surface area contributed by atoms with E-state index in [1.807, 2.05) is 66.7 Å². The predicted molar refractivity (Wildman–Crippen MR) is 117 cm³/mol. The minimum Gasteiger partial charge on any atom is -0.494 e. The Labute approximate surface area is 174 Å². The number of aryl methyl sites for hydroxylation is 1. The minimum atomic E-state index is -0.545. The van der Waals surface area contributed by atoms with Gasteiger partial charge in [-0.3, -0.25) is 9.36 Å². The Balaban J connectivity index is 1.85. The average Bonchev–Trinajstić information content (AvgIpc) is 2.79. The van der Waals surface area contributed by atoms with Gasteiger partial charge in [-0.1, -0.05) is 78.9 Å². The van der Waals surface area contributed by atoms with E-state index in [9.17, 15) is 14.7 Å². The molecule has 150 valence electrons. The van der Waals surface area contributed by atoms with Crippen LogP contribution in [0.1, 0.15) is 16.7 Å². The number of aromatic nitrogens is 2. The Morgan fingerprint density at radius 3 is 1.83 bits per heavy atom. The maximum Gasteiger partial charge on any atom is 0.338 e. The predicted octanol–water partition coefficient (Wildman–Crippen LogP) is 3.54. The van der Waals surface area contributed by atoms with E-state index < -0.39 is 11.2 Å². The molecule has 0 aliphatic heterocycles. The standard InChI is InChI=1S/C25H22N2O3/c28-23-22(18-20-12-6-2-7-13-20)24(29)27(21-14-8-3-9-15-21)25(30)26(23)17-16-19-10-4-1-5-11-19/h1-15,28H,16-18H2. The molecule has 30 heavy (non-hydrogen) atoms. The van der Waals surface area contributed by atoms with Crippen LogP contribution in [0.5, 0.6) is 5.88 Å². The van der Waals surface area contributed by atoms with Crippen molar-refractivity contribution in [3.8, 4) is 11.6 Å². The molecule has 0 bridgehead atoms. The van der Waals surface area contributed by atoms with Crippen molar-refractivity contribution in [1.29, 1.82) is 0 Å². The topological polar surface area (TPSA) is 64.2 Å². The second kappa shape index (κ2) is 8.66. The number of hydrogen-bond donors (Lipinski definition) is 1. The van der Waals surface area contributed by atoms with Crippen LogP contribution in [0, 0.1) is 0 Å². The van der Waals surface area contributed by atoms with E-state index >= 15 is 0 Å². The van der Waals surface area contributed by atoms with Gasteiger partial charge in [0.2, 0.25) is 5.88 Å². The molecule has 5 nitrogen and oxygen atoms in total. The molecule has 0 atom stereocenters. The van der Waals surface area contributed by atoms with Gasteiger partial charge in [-0.15, -0.1) is 0 Å². The van der Waals surface area contributed by atoms with E-state index in [0.717, 1.165) is 15.7 Å². The van der Waals surface area contributed by atoms with E-state index in [0.29, 0.717) is 12.1 Å². The van der Waals surface area contributed by atoms with Gasteiger partial charge in [0.25, 0.3) is 5.56 Å². The first-order valence-electron chi connectivity index (χ1n) is 9.86. The van der Waals surface area contributed by atoms with Crippen molar-refractivity contribution in [2.75, 3.05) is 0 Å². The molecule has 4 rings (SSSR count). The van der Waals surface area contributed by atoms with Crippen molar-refractivity contribution in [2.45, 2.75) is 19.4 Å². The van der Waals surface area contributed by atoms with Gasteiger partial charge >= 0.3 is 5.69 Å². The highest BCUT2D eigenvalue weighted by atomic mass is 16.3. The molecular weight excluding hydrogens is 376 g/mol. The molecular formula is C25H22N2O3. The van der Waals surface area contributed by atoms with Gasteiger partial charge in [0.15, 0.2) is 0 Å². The van der Waals surface area contributed by atoms with Crippen LogP contribution < -0.4 is 11.2 Å². The van der Waals surface area contributed by atoms with Crippen LogP contribution in [0.25, 0.3) is 5.69 Å². The number of nitrogens with zero attached hydrogens (tertiary/aromatic N) is 2. The lowest BCUT2D eigenvalue weighted by atomic mass is 10.1. The van der Waals surface area contributed by atoms with Gasteiger partial charge in [-0.2, -0.15) is 0 Å². The number of benzene rings is 3. The Morgan fingerprint density at radius 2 is 1.23 bits per heavy atom. The third-order valence-corrected chi connectivity index (χ3v) is 5.11. The van der Waals surface area contributed by atoms with Crippen LogP contribution in [-0.2, 0) is 19.4 Å². The molecule has 0 spiro atoms. The van der Waals surface area contributed by atoms with Gasteiger partial charge < -0.3 is 5.11 Å². The van der Waals surface area contributed by atoms with E-state index in [1.54, 1.807) is 24.3 Å². The molecule has 1 N–H and O–H groups in total. The molecule has 3 aromatic carbocycles. The fourth-order valence-corrected chi connectivity index (χ4v) is 3.54. The monoisotopic (exact) mass is 398 g/mol. The van der Waals surface area contributed by atoms with Crippen LogP contribution in [0.2, 0.25) is 0 Å². The minimum absolute atomic E-state index is 0.206. The summed E-state index contributed by atoms with van der Waals surface area (Å²) in [6, 6.07) is 28.0. The Morgan fingerprint density at radius 1 is 0.700 bits per heavy atom.